The Labute approximate surface area is 140 Å². The normalized spacial score (nSPS) is 21.5. The summed E-state index contributed by atoms with van der Waals surface area (Å²) in [6, 6.07) is 0. The molecule has 1 aromatic rings. The summed E-state index contributed by atoms with van der Waals surface area (Å²) in [5, 5.41) is 2.26. The minimum atomic E-state index is -5.83. The molecule has 7 nitrogen and oxygen atoms in total. The number of aryl methyl sites for hydroxylation is 1. The van der Waals surface area contributed by atoms with Crippen LogP contribution in [0.1, 0.15) is 25.2 Å². The van der Waals surface area contributed by atoms with Crippen molar-refractivity contribution < 1.29 is 35.2 Å². The Kier molecular flexibility index (Phi) is 4.23. The molecule has 0 spiro atoms. The van der Waals surface area contributed by atoms with Crippen molar-refractivity contribution in [1.82, 2.24) is 15.0 Å². The van der Waals surface area contributed by atoms with E-state index in [2.05, 4.69) is 20.2 Å². The number of alkyl halides is 6. The largest absolute Gasteiger partial charge is 0.396 e. The van der Waals surface area contributed by atoms with E-state index in [0.717, 1.165) is 20.9 Å². The number of oxime groups is 1. The Morgan fingerprint density at radius 3 is 2.12 bits per heavy atom. The van der Waals surface area contributed by atoms with Crippen molar-refractivity contribution >= 4 is 30.8 Å². The number of nitrogens with zero attached hydrogens (tertiary/aromatic N) is 4. The van der Waals surface area contributed by atoms with Crippen LogP contribution in [-0.2, 0) is 31.8 Å². The highest BCUT2D eigenvalue weighted by Crippen LogP contribution is 2.44. The molecule has 14 heteroatoms. The van der Waals surface area contributed by atoms with Crippen molar-refractivity contribution in [3.63, 3.8) is 0 Å². The second-order valence-electron chi connectivity index (χ2n) is 5.39. The number of hydrogen-bond acceptors (Lipinski definition) is 6. The van der Waals surface area contributed by atoms with Crippen LogP contribution in [0.5, 0.6) is 0 Å². The molecule has 0 N–H and O–H groups in total. The van der Waals surface area contributed by atoms with Crippen LogP contribution in [0.3, 0.4) is 0 Å². The lowest BCUT2D eigenvalue weighted by Gasteiger charge is -2.20. The smallest absolute Gasteiger partial charge is 0.385 e. The molecule has 1 atom stereocenters. The highest BCUT2D eigenvalue weighted by molar-refractivity contribution is 9.09. The highest BCUT2D eigenvalue weighted by Gasteiger charge is 2.61. The quantitative estimate of drug-likeness (QED) is 0.531. The molecule has 0 radical (unpaired) electrons. The van der Waals surface area contributed by atoms with Gasteiger partial charge in [0.15, 0.2) is 23.2 Å². The van der Waals surface area contributed by atoms with E-state index in [0.29, 0.717) is 4.80 Å². The fourth-order valence-electron chi connectivity index (χ4n) is 1.79. The van der Waals surface area contributed by atoms with Crippen molar-refractivity contribution in [3.05, 3.63) is 11.4 Å². The van der Waals surface area contributed by atoms with Gasteiger partial charge in [0.2, 0.25) is 5.04 Å². The first-order valence-electron chi connectivity index (χ1n) is 6.14. The summed E-state index contributed by atoms with van der Waals surface area (Å²) < 4.78 is 93.9. The predicted octanol–water partition coefficient (Wildman–Crippen LogP) is 2.18. The molecule has 0 aromatic carbocycles. The van der Waals surface area contributed by atoms with Crippen LogP contribution >= 0.6 is 15.9 Å². The zero-order valence-electron chi connectivity index (χ0n) is 12.3. The highest BCUT2D eigenvalue weighted by atomic mass is 79.9. The van der Waals surface area contributed by atoms with Crippen molar-refractivity contribution in [2.45, 2.75) is 35.7 Å². The molecular formula is C10H10BrF5N4O3S. The molecule has 24 heavy (non-hydrogen) atoms. The van der Waals surface area contributed by atoms with E-state index in [1.165, 1.54) is 0 Å². The number of halogens is 6. The Morgan fingerprint density at radius 2 is 1.71 bits per heavy atom. The predicted molar refractivity (Wildman–Crippen MR) is 74.1 cm³/mol. The zero-order chi connectivity index (χ0) is 18.7. The molecule has 0 aliphatic carbocycles. The molecule has 0 bridgehead atoms. The maximum Gasteiger partial charge on any atom is 0.396 e. The van der Waals surface area contributed by atoms with Gasteiger partial charge in [0, 0.05) is 7.05 Å². The van der Waals surface area contributed by atoms with Gasteiger partial charge in [0.25, 0.3) is 9.84 Å². The minimum absolute atomic E-state index is 0.340. The van der Waals surface area contributed by atoms with Gasteiger partial charge in [-0.1, -0.05) is 5.16 Å². The SMILES string of the molecule is Cn1nc(C(F)(F)Br)c(C(F)(F)S(=O)(=O)C2=NOC(C)(C)C2F)n1. The first-order valence-corrected chi connectivity index (χ1v) is 8.41. The minimum Gasteiger partial charge on any atom is -0.385 e. The van der Waals surface area contributed by atoms with Gasteiger partial charge in [-0.2, -0.15) is 32.6 Å². The maximum atomic E-state index is 14.5. The van der Waals surface area contributed by atoms with Gasteiger partial charge >= 0.3 is 10.1 Å². The molecule has 0 amide bonds. The fraction of sp³-hybridized carbons (Fsp3) is 0.700. The Hall–Kier alpha value is -1.31. The van der Waals surface area contributed by atoms with Crippen molar-refractivity contribution in [2.24, 2.45) is 12.2 Å². The molecule has 1 aliphatic heterocycles. The first kappa shape index (κ1) is 19.0. The summed E-state index contributed by atoms with van der Waals surface area (Å²) in [7, 11) is -4.90. The average molecular weight is 441 g/mol. The van der Waals surface area contributed by atoms with Crippen LogP contribution in [0.2, 0.25) is 0 Å². The van der Waals surface area contributed by atoms with Gasteiger partial charge in [0.05, 0.1) is 0 Å². The van der Waals surface area contributed by atoms with Gasteiger partial charge in [-0.25, -0.2) is 12.8 Å². The maximum absolute atomic E-state index is 14.5. The summed E-state index contributed by atoms with van der Waals surface area (Å²) in [6.45, 7) is 2.17. The third-order valence-corrected chi connectivity index (χ3v) is 5.14. The average Bonchev–Trinajstić information content (AvgIpc) is 2.91. The van der Waals surface area contributed by atoms with E-state index in [1.54, 1.807) is 0 Å². The second kappa shape index (κ2) is 5.34. The second-order valence-corrected chi connectivity index (χ2v) is 8.33. The monoisotopic (exact) mass is 440 g/mol. The van der Waals surface area contributed by atoms with Gasteiger partial charge in [-0.15, -0.1) is 0 Å². The van der Waals surface area contributed by atoms with Crippen LogP contribution in [-0.4, -0.2) is 40.2 Å². The van der Waals surface area contributed by atoms with E-state index in [4.69, 9.17) is 0 Å². The van der Waals surface area contributed by atoms with E-state index < -0.39 is 48.1 Å². The van der Waals surface area contributed by atoms with Crippen molar-refractivity contribution in [1.29, 1.82) is 0 Å². The summed E-state index contributed by atoms with van der Waals surface area (Å²) in [4.78, 5) is 0.742. The van der Waals surface area contributed by atoms with Gasteiger partial charge in [-0.3, -0.25) is 0 Å². The first-order chi connectivity index (χ1) is 10.6. The van der Waals surface area contributed by atoms with Crippen LogP contribution in [0.15, 0.2) is 5.16 Å². The van der Waals surface area contributed by atoms with E-state index in [-0.39, 0.29) is 0 Å². The number of hydrogen-bond donors (Lipinski definition) is 0. The van der Waals surface area contributed by atoms with Gasteiger partial charge in [-0.05, 0) is 29.8 Å². The number of sulfone groups is 1. The van der Waals surface area contributed by atoms with E-state index >= 15 is 0 Å². The van der Waals surface area contributed by atoms with Crippen molar-refractivity contribution in [3.8, 4) is 0 Å². The summed E-state index contributed by atoms with van der Waals surface area (Å²) >= 11 is 1.82. The lowest BCUT2D eigenvalue weighted by atomic mass is 10.1. The standard InChI is InChI=1S/C10H10BrF5N4O3S/c1-8(2)4(12)7(19-23-8)24(21,22)10(15,16)6-5(9(11,13)14)17-20(3)18-6/h4H,1-3H3. The molecule has 0 saturated carbocycles. The molecule has 1 aromatic heterocycles. The third kappa shape index (κ3) is 2.78. The lowest BCUT2D eigenvalue weighted by Crippen LogP contribution is -2.43. The third-order valence-electron chi connectivity index (χ3n) is 3.07. The molecule has 2 heterocycles. The van der Waals surface area contributed by atoms with Crippen LogP contribution in [0.25, 0.3) is 0 Å². The number of rotatable bonds is 3. The van der Waals surface area contributed by atoms with E-state index in [9.17, 15) is 30.4 Å². The molecule has 1 unspecified atom stereocenters. The van der Waals surface area contributed by atoms with Crippen LogP contribution in [0.4, 0.5) is 22.0 Å². The Morgan fingerprint density at radius 1 is 1.21 bits per heavy atom. The Balaban J connectivity index is 2.60. The molecule has 2 rings (SSSR count). The molecular weight excluding hydrogens is 431 g/mol. The van der Waals surface area contributed by atoms with Crippen LogP contribution < -0.4 is 0 Å². The van der Waals surface area contributed by atoms with Gasteiger partial charge < -0.3 is 4.84 Å². The fourth-order valence-corrected chi connectivity index (χ4v) is 3.40. The number of aromatic nitrogens is 3. The molecule has 0 saturated heterocycles. The molecule has 136 valence electrons. The topological polar surface area (TPSA) is 86.4 Å². The van der Waals surface area contributed by atoms with E-state index in [1.807, 2.05) is 15.9 Å². The molecule has 0 fully saturated rings. The lowest BCUT2D eigenvalue weighted by molar-refractivity contribution is -0.0232. The van der Waals surface area contributed by atoms with Crippen molar-refractivity contribution in [2.75, 3.05) is 0 Å². The van der Waals surface area contributed by atoms with Crippen LogP contribution in [0, 0.1) is 0 Å². The Bertz CT molecular complexity index is 802. The summed E-state index contributed by atoms with van der Waals surface area (Å²) in [5.41, 5.74) is -5.26. The molecule has 1 aliphatic rings. The summed E-state index contributed by atoms with van der Waals surface area (Å²) in [6.07, 6.45) is -2.52. The summed E-state index contributed by atoms with van der Waals surface area (Å²) in [5.74, 6) is 0. The van der Waals surface area contributed by atoms with Gasteiger partial charge in [0.1, 0.15) is 0 Å². The zero-order valence-corrected chi connectivity index (χ0v) is 14.7.